The zero-order valence-corrected chi connectivity index (χ0v) is 13.2. The quantitative estimate of drug-likeness (QED) is 0.504. The number of amides is 2. The number of nitrogens with zero attached hydrogens (tertiary/aromatic N) is 1. The van der Waals surface area contributed by atoms with E-state index in [0.717, 1.165) is 45.4 Å². The number of carbonyl (C=O) groups is 2. The van der Waals surface area contributed by atoms with E-state index in [1.807, 2.05) is 11.0 Å². The lowest BCUT2D eigenvalue weighted by Gasteiger charge is -2.33. The second kappa shape index (κ2) is 8.90. The summed E-state index contributed by atoms with van der Waals surface area (Å²) in [5.74, 6) is -0.0585. The molecule has 2 N–H and O–H groups in total. The number of carbonyl (C=O) groups excluding carboxylic acids is 2. The molecule has 6 heteroatoms. The summed E-state index contributed by atoms with van der Waals surface area (Å²) in [5.41, 5.74) is 0. The van der Waals surface area contributed by atoms with Crippen LogP contribution in [0.3, 0.4) is 0 Å². The molecule has 2 heterocycles. The molecule has 2 fully saturated rings. The standard InChI is InChI=1S/C16H27N3O3/c1-2-3-4-8-19-9-7-17-14(16(19)21)11-15(20)18-12-13-6-5-10-22-13/h2,13-14,17H,1,3-12H2,(H,18,20). The number of hydrogen-bond donors (Lipinski definition) is 2. The van der Waals surface area contributed by atoms with Crippen LogP contribution >= 0.6 is 0 Å². The van der Waals surface area contributed by atoms with Gasteiger partial charge in [0.15, 0.2) is 0 Å². The van der Waals surface area contributed by atoms with Gasteiger partial charge in [0.2, 0.25) is 11.8 Å². The van der Waals surface area contributed by atoms with E-state index in [-0.39, 0.29) is 24.3 Å². The Balaban J connectivity index is 1.71. The van der Waals surface area contributed by atoms with Gasteiger partial charge in [-0.15, -0.1) is 6.58 Å². The predicted molar refractivity (Wildman–Crippen MR) is 84.4 cm³/mol. The lowest BCUT2D eigenvalue weighted by molar-refractivity contribution is -0.138. The van der Waals surface area contributed by atoms with Gasteiger partial charge in [0.05, 0.1) is 18.6 Å². The number of hydrogen-bond acceptors (Lipinski definition) is 4. The van der Waals surface area contributed by atoms with Gasteiger partial charge in [-0.25, -0.2) is 0 Å². The molecule has 0 saturated carbocycles. The lowest BCUT2D eigenvalue weighted by atomic mass is 10.1. The first kappa shape index (κ1) is 17.0. The maximum atomic E-state index is 12.3. The van der Waals surface area contributed by atoms with Crippen LogP contribution in [0.15, 0.2) is 12.7 Å². The van der Waals surface area contributed by atoms with Gasteiger partial charge in [0.25, 0.3) is 0 Å². The Hall–Kier alpha value is -1.40. The van der Waals surface area contributed by atoms with Crippen molar-refractivity contribution >= 4 is 11.8 Å². The molecule has 2 unspecified atom stereocenters. The molecule has 0 aromatic carbocycles. The number of allylic oxidation sites excluding steroid dienone is 1. The minimum absolute atomic E-state index is 0.0302. The highest BCUT2D eigenvalue weighted by Gasteiger charge is 2.29. The van der Waals surface area contributed by atoms with Crippen LogP contribution in [0.1, 0.15) is 32.1 Å². The van der Waals surface area contributed by atoms with Crippen LogP contribution in [0.25, 0.3) is 0 Å². The van der Waals surface area contributed by atoms with E-state index in [0.29, 0.717) is 13.1 Å². The molecule has 0 aliphatic carbocycles. The van der Waals surface area contributed by atoms with Crippen LogP contribution in [0.2, 0.25) is 0 Å². The largest absolute Gasteiger partial charge is 0.376 e. The molecule has 2 amide bonds. The molecule has 124 valence electrons. The van der Waals surface area contributed by atoms with Gasteiger partial charge < -0.3 is 20.3 Å². The summed E-state index contributed by atoms with van der Waals surface area (Å²) >= 11 is 0. The number of unbranched alkanes of at least 4 members (excludes halogenated alkanes) is 1. The predicted octanol–water partition coefficient (Wildman–Crippen LogP) is 0.438. The Morgan fingerprint density at radius 2 is 2.41 bits per heavy atom. The number of piperazine rings is 1. The van der Waals surface area contributed by atoms with Crippen molar-refractivity contribution in [1.29, 1.82) is 0 Å². The maximum Gasteiger partial charge on any atom is 0.240 e. The molecule has 2 atom stereocenters. The first-order valence-corrected chi connectivity index (χ1v) is 8.22. The number of nitrogens with one attached hydrogen (secondary N) is 2. The van der Waals surface area contributed by atoms with Gasteiger partial charge in [-0.05, 0) is 25.7 Å². The van der Waals surface area contributed by atoms with E-state index in [1.165, 1.54) is 0 Å². The molecule has 2 rings (SSSR count). The van der Waals surface area contributed by atoms with E-state index >= 15 is 0 Å². The Bertz CT molecular complexity index is 394. The molecule has 0 aromatic heterocycles. The van der Waals surface area contributed by atoms with Crippen LogP contribution in [-0.4, -0.2) is 61.6 Å². The summed E-state index contributed by atoms with van der Waals surface area (Å²) < 4.78 is 5.47. The molecule has 0 aromatic rings. The van der Waals surface area contributed by atoms with Crippen LogP contribution in [0.4, 0.5) is 0 Å². The zero-order valence-electron chi connectivity index (χ0n) is 13.2. The van der Waals surface area contributed by atoms with Crippen molar-refractivity contribution < 1.29 is 14.3 Å². The molecule has 0 spiro atoms. The molecule has 6 nitrogen and oxygen atoms in total. The SMILES string of the molecule is C=CCCCN1CCNC(CC(=O)NCC2CCCO2)C1=O. The summed E-state index contributed by atoms with van der Waals surface area (Å²) in [6.45, 7) is 7.20. The summed E-state index contributed by atoms with van der Waals surface area (Å²) in [5, 5.41) is 6.02. The van der Waals surface area contributed by atoms with E-state index in [4.69, 9.17) is 4.74 Å². The number of rotatable bonds is 8. The maximum absolute atomic E-state index is 12.3. The molecule has 0 bridgehead atoms. The van der Waals surface area contributed by atoms with Gasteiger partial charge in [0, 0.05) is 32.8 Å². The minimum atomic E-state index is -0.401. The summed E-state index contributed by atoms with van der Waals surface area (Å²) in [4.78, 5) is 26.2. The Morgan fingerprint density at radius 1 is 1.55 bits per heavy atom. The van der Waals surface area contributed by atoms with Crippen LogP contribution in [0, 0.1) is 0 Å². The van der Waals surface area contributed by atoms with Crippen LogP contribution < -0.4 is 10.6 Å². The molecular weight excluding hydrogens is 282 g/mol. The summed E-state index contributed by atoms with van der Waals surface area (Å²) in [6.07, 6.45) is 6.08. The van der Waals surface area contributed by atoms with Crippen molar-refractivity contribution in [1.82, 2.24) is 15.5 Å². The Labute approximate surface area is 132 Å². The van der Waals surface area contributed by atoms with Gasteiger partial charge in [-0.1, -0.05) is 6.08 Å². The van der Waals surface area contributed by atoms with Crippen molar-refractivity contribution in [2.75, 3.05) is 32.8 Å². The first-order valence-electron chi connectivity index (χ1n) is 8.22. The third kappa shape index (κ3) is 5.10. The third-order valence-corrected chi connectivity index (χ3v) is 4.16. The highest BCUT2D eigenvalue weighted by atomic mass is 16.5. The van der Waals surface area contributed by atoms with Gasteiger partial charge >= 0.3 is 0 Å². The van der Waals surface area contributed by atoms with Gasteiger partial charge in [0.1, 0.15) is 0 Å². The zero-order chi connectivity index (χ0) is 15.8. The summed E-state index contributed by atoms with van der Waals surface area (Å²) in [6, 6.07) is -0.401. The molecule has 22 heavy (non-hydrogen) atoms. The van der Waals surface area contributed by atoms with Crippen LogP contribution in [0.5, 0.6) is 0 Å². The fourth-order valence-corrected chi connectivity index (χ4v) is 2.89. The monoisotopic (exact) mass is 309 g/mol. The molecule has 2 aliphatic rings. The van der Waals surface area contributed by atoms with Crippen molar-refractivity contribution in [3.8, 4) is 0 Å². The summed E-state index contributed by atoms with van der Waals surface area (Å²) in [7, 11) is 0. The average molecular weight is 309 g/mol. The fourth-order valence-electron chi connectivity index (χ4n) is 2.89. The van der Waals surface area contributed by atoms with Crippen molar-refractivity contribution in [2.45, 2.75) is 44.2 Å². The van der Waals surface area contributed by atoms with Crippen molar-refractivity contribution in [3.63, 3.8) is 0 Å². The van der Waals surface area contributed by atoms with Gasteiger partial charge in [-0.2, -0.15) is 0 Å². The normalized spacial score (nSPS) is 25.3. The lowest BCUT2D eigenvalue weighted by Crippen LogP contribution is -2.56. The molecular formula is C16H27N3O3. The van der Waals surface area contributed by atoms with Crippen molar-refractivity contribution in [3.05, 3.63) is 12.7 Å². The molecule has 0 radical (unpaired) electrons. The van der Waals surface area contributed by atoms with Crippen LogP contribution in [-0.2, 0) is 14.3 Å². The van der Waals surface area contributed by atoms with E-state index in [9.17, 15) is 9.59 Å². The smallest absolute Gasteiger partial charge is 0.240 e. The van der Waals surface area contributed by atoms with Crippen molar-refractivity contribution in [2.24, 2.45) is 0 Å². The second-order valence-electron chi connectivity index (χ2n) is 5.91. The third-order valence-electron chi connectivity index (χ3n) is 4.16. The number of ether oxygens (including phenoxy) is 1. The fraction of sp³-hybridized carbons (Fsp3) is 0.750. The highest BCUT2D eigenvalue weighted by molar-refractivity contribution is 5.88. The Morgan fingerprint density at radius 3 is 3.14 bits per heavy atom. The van der Waals surface area contributed by atoms with E-state index < -0.39 is 6.04 Å². The second-order valence-corrected chi connectivity index (χ2v) is 5.91. The highest BCUT2D eigenvalue weighted by Crippen LogP contribution is 2.11. The van der Waals surface area contributed by atoms with E-state index in [2.05, 4.69) is 17.2 Å². The molecule has 2 aliphatic heterocycles. The Kier molecular flexibility index (Phi) is 6.86. The molecule has 2 saturated heterocycles. The average Bonchev–Trinajstić information content (AvgIpc) is 3.02. The topological polar surface area (TPSA) is 70.7 Å². The minimum Gasteiger partial charge on any atom is -0.376 e. The van der Waals surface area contributed by atoms with E-state index in [1.54, 1.807) is 0 Å². The van der Waals surface area contributed by atoms with Gasteiger partial charge in [-0.3, -0.25) is 9.59 Å². The first-order chi connectivity index (χ1) is 10.7.